The van der Waals surface area contributed by atoms with Crippen LogP contribution in [-0.4, -0.2) is 47.0 Å². The third-order valence-corrected chi connectivity index (χ3v) is 9.64. The van der Waals surface area contributed by atoms with Crippen LogP contribution in [0.1, 0.15) is 37.8 Å². The molecule has 1 aromatic carbocycles. The monoisotopic (exact) mass is 370 g/mol. The summed E-state index contributed by atoms with van der Waals surface area (Å²) in [7, 11) is 3.87. The van der Waals surface area contributed by atoms with Crippen molar-refractivity contribution in [1.82, 2.24) is 0 Å². The summed E-state index contributed by atoms with van der Waals surface area (Å²) in [5, 5.41) is 0. The van der Waals surface area contributed by atoms with Gasteiger partial charge >= 0.3 is 18.6 Å². The molecule has 1 aromatic rings. The van der Waals surface area contributed by atoms with Gasteiger partial charge in [0.05, 0.1) is 0 Å². The van der Waals surface area contributed by atoms with Gasteiger partial charge in [-0.1, -0.05) is 51.0 Å². The van der Waals surface area contributed by atoms with E-state index in [1.54, 1.807) is 28.4 Å². The zero-order valence-corrected chi connectivity index (χ0v) is 18.4. The molecule has 0 saturated carbocycles. The predicted octanol–water partition coefficient (Wildman–Crippen LogP) is 3.36. The molecule has 4 nitrogen and oxygen atoms in total. The molecule has 0 saturated heterocycles. The Labute approximate surface area is 151 Å². The van der Waals surface area contributed by atoms with E-state index in [1.165, 1.54) is 11.1 Å². The van der Waals surface area contributed by atoms with Crippen LogP contribution in [0.4, 0.5) is 0 Å². The minimum Gasteiger partial charge on any atom is -0.400 e. The lowest BCUT2D eigenvalue weighted by atomic mass is 9.97. The van der Waals surface area contributed by atoms with E-state index >= 15 is 0 Å². The summed E-state index contributed by atoms with van der Waals surface area (Å²) in [6.07, 6.45) is 4.21. The molecule has 0 aliphatic carbocycles. The summed E-state index contributed by atoms with van der Waals surface area (Å²) in [4.78, 5) is 0. The zero-order chi connectivity index (χ0) is 17.9. The standard InChI is InChI=1S/C18H34O4Si2/c1-7-17(23(19-3)20-4)13-15-11-9-10-12-16(15)14-18(8-2)24(21-5)22-6/h9-12,17-18,23-24H,7-8,13-14H2,1-6H3. The molecule has 138 valence electrons. The van der Waals surface area contributed by atoms with E-state index in [1.807, 2.05) is 0 Å². The van der Waals surface area contributed by atoms with E-state index in [0.717, 1.165) is 25.7 Å². The Morgan fingerprint density at radius 3 is 1.29 bits per heavy atom. The van der Waals surface area contributed by atoms with Crippen molar-refractivity contribution in [3.05, 3.63) is 35.4 Å². The Balaban J connectivity index is 2.94. The van der Waals surface area contributed by atoms with Crippen LogP contribution in [0.25, 0.3) is 0 Å². The van der Waals surface area contributed by atoms with Gasteiger partial charge in [-0.2, -0.15) is 0 Å². The quantitative estimate of drug-likeness (QED) is 0.529. The molecule has 6 heteroatoms. The highest BCUT2D eigenvalue weighted by molar-refractivity contribution is 6.46. The molecule has 2 atom stereocenters. The van der Waals surface area contributed by atoms with E-state index in [-0.39, 0.29) is 0 Å². The number of hydrogen-bond acceptors (Lipinski definition) is 4. The van der Waals surface area contributed by atoms with Crippen LogP contribution in [0.2, 0.25) is 11.1 Å². The molecule has 0 aliphatic heterocycles. The van der Waals surface area contributed by atoms with Gasteiger partial charge in [-0.05, 0) is 24.0 Å². The maximum Gasteiger partial charge on any atom is 0.324 e. The van der Waals surface area contributed by atoms with Gasteiger partial charge in [0.25, 0.3) is 0 Å². The largest absolute Gasteiger partial charge is 0.400 e. The Kier molecular flexibility index (Phi) is 10.7. The number of hydrogen-bond donors (Lipinski definition) is 0. The Morgan fingerprint density at radius 2 is 1.04 bits per heavy atom. The van der Waals surface area contributed by atoms with Crippen LogP contribution in [0.5, 0.6) is 0 Å². The fourth-order valence-electron chi connectivity index (χ4n) is 3.35. The second kappa shape index (κ2) is 11.9. The predicted molar refractivity (Wildman–Crippen MR) is 104 cm³/mol. The maximum absolute atomic E-state index is 5.62. The molecule has 0 spiro atoms. The molecule has 0 bridgehead atoms. The van der Waals surface area contributed by atoms with Gasteiger partial charge < -0.3 is 17.7 Å². The smallest absolute Gasteiger partial charge is 0.324 e. The Hall–Kier alpha value is -0.506. The van der Waals surface area contributed by atoms with E-state index in [4.69, 9.17) is 17.7 Å². The summed E-state index contributed by atoms with van der Waals surface area (Å²) >= 11 is 0. The first-order valence-electron chi connectivity index (χ1n) is 8.82. The van der Waals surface area contributed by atoms with Crippen molar-refractivity contribution in [3.8, 4) is 0 Å². The molecule has 0 heterocycles. The van der Waals surface area contributed by atoms with Crippen LogP contribution >= 0.6 is 0 Å². The van der Waals surface area contributed by atoms with Crippen molar-refractivity contribution in [2.75, 3.05) is 28.4 Å². The third kappa shape index (κ3) is 6.09. The summed E-state index contributed by atoms with van der Waals surface area (Å²) < 4.78 is 22.5. The molecule has 1 rings (SSSR count). The molecule has 0 aromatic heterocycles. The second-order valence-corrected chi connectivity index (χ2v) is 11.4. The van der Waals surface area contributed by atoms with Gasteiger partial charge in [-0.3, -0.25) is 0 Å². The van der Waals surface area contributed by atoms with Gasteiger partial charge in [-0.15, -0.1) is 0 Å². The van der Waals surface area contributed by atoms with E-state index in [0.29, 0.717) is 11.1 Å². The first kappa shape index (κ1) is 21.5. The number of benzene rings is 1. The van der Waals surface area contributed by atoms with Crippen molar-refractivity contribution in [2.24, 2.45) is 0 Å². The molecule has 0 radical (unpaired) electrons. The summed E-state index contributed by atoms with van der Waals surface area (Å²) in [5.41, 5.74) is 3.79. The lowest BCUT2D eigenvalue weighted by Gasteiger charge is -2.25. The van der Waals surface area contributed by atoms with Crippen LogP contribution in [0.3, 0.4) is 0 Å². The highest BCUT2D eigenvalue weighted by atomic mass is 28.3. The molecule has 0 amide bonds. The topological polar surface area (TPSA) is 36.9 Å². The molecule has 2 unspecified atom stereocenters. The lowest BCUT2D eigenvalue weighted by molar-refractivity contribution is 0.261. The van der Waals surface area contributed by atoms with E-state index < -0.39 is 18.6 Å². The highest BCUT2D eigenvalue weighted by Gasteiger charge is 2.26. The summed E-state index contributed by atoms with van der Waals surface area (Å²) in [6.45, 7) is 4.44. The third-order valence-electron chi connectivity index (χ3n) is 4.83. The molecular formula is C18H34O4Si2. The lowest BCUT2D eigenvalue weighted by Crippen LogP contribution is -2.29. The zero-order valence-electron chi connectivity index (χ0n) is 16.1. The fraction of sp³-hybridized carbons (Fsp3) is 0.667. The fourth-order valence-corrected chi connectivity index (χ4v) is 6.94. The van der Waals surface area contributed by atoms with Crippen molar-refractivity contribution < 1.29 is 17.7 Å². The van der Waals surface area contributed by atoms with Gasteiger partial charge in [-0.25, -0.2) is 0 Å². The van der Waals surface area contributed by atoms with Crippen LogP contribution in [0.15, 0.2) is 24.3 Å². The molecule has 0 N–H and O–H groups in total. The van der Waals surface area contributed by atoms with Crippen molar-refractivity contribution in [2.45, 2.75) is 50.6 Å². The normalized spacial score (nSPS) is 14.3. The second-order valence-electron chi connectivity index (χ2n) is 6.19. The summed E-state index contributed by atoms with van der Waals surface area (Å²) in [5.74, 6) is 0. The van der Waals surface area contributed by atoms with Gasteiger partial charge in [0.15, 0.2) is 0 Å². The first-order chi connectivity index (χ1) is 11.6. The minimum absolute atomic E-state index is 0.485. The molecule has 0 aliphatic rings. The molecular weight excluding hydrogens is 336 g/mol. The van der Waals surface area contributed by atoms with Crippen LogP contribution in [-0.2, 0) is 30.5 Å². The van der Waals surface area contributed by atoms with Crippen LogP contribution in [0, 0.1) is 0 Å². The van der Waals surface area contributed by atoms with E-state index in [2.05, 4.69) is 38.1 Å². The first-order valence-corrected chi connectivity index (χ1v) is 12.0. The summed E-state index contributed by atoms with van der Waals surface area (Å²) in [6, 6.07) is 8.75. The Bertz CT molecular complexity index is 409. The van der Waals surface area contributed by atoms with Crippen molar-refractivity contribution in [3.63, 3.8) is 0 Å². The molecule has 0 fully saturated rings. The molecule has 24 heavy (non-hydrogen) atoms. The van der Waals surface area contributed by atoms with Gasteiger partial charge in [0, 0.05) is 39.5 Å². The minimum atomic E-state index is -1.61. The Morgan fingerprint density at radius 1 is 0.708 bits per heavy atom. The van der Waals surface area contributed by atoms with Gasteiger partial charge in [0.1, 0.15) is 0 Å². The maximum atomic E-state index is 5.62. The number of rotatable bonds is 12. The SMILES string of the molecule is CCC(Cc1ccccc1CC(CC)[SiH](OC)OC)[SiH](OC)OC. The van der Waals surface area contributed by atoms with Gasteiger partial charge in [0.2, 0.25) is 0 Å². The average molecular weight is 371 g/mol. The highest BCUT2D eigenvalue weighted by Crippen LogP contribution is 2.28. The van der Waals surface area contributed by atoms with E-state index in [9.17, 15) is 0 Å². The van der Waals surface area contributed by atoms with Crippen LogP contribution < -0.4 is 0 Å². The average Bonchev–Trinajstić information content (AvgIpc) is 2.62. The van der Waals surface area contributed by atoms with Crippen molar-refractivity contribution in [1.29, 1.82) is 0 Å². The van der Waals surface area contributed by atoms with Crippen molar-refractivity contribution >= 4 is 18.6 Å².